The number of halogens is 1. The number of ketones is 1. The van der Waals surface area contributed by atoms with Crippen LogP contribution >= 0.6 is 15.9 Å². The zero-order valence-electron chi connectivity index (χ0n) is 7.27. The molecule has 0 unspecified atom stereocenters. The summed E-state index contributed by atoms with van der Waals surface area (Å²) < 4.78 is 2.56. The van der Waals surface area contributed by atoms with Gasteiger partial charge in [-0.05, 0) is 28.1 Å². The van der Waals surface area contributed by atoms with Crippen molar-refractivity contribution in [3.63, 3.8) is 0 Å². The minimum absolute atomic E-state index is 0.0332. The number of carbonyl (C=O) groups is 1. The lowest BCUT2D eigenvalue weighted by molar-refractivity contribution is 0.100. The first-order valence-electron chi connectivity index (χ1n) is 4.08. The second-order valence-corrected chi connectivity index (χ2v) is 3.57. The average Bonchev–Trinajstić information content (AvgIpc) is 2.59. The van der Waals surface area contributed by atoms with E-state index in [0.29, 0.717) is 5.56 Å². The third-order valence-electron chi connectivity index (χ3n) is 1.99. The highest BCUT2D eigenvalue weighted by Gasteiger charge is 2.05. The number of fused-ring (bicyclic) bond motifs is 1. The maximum Gasteiger partial charge on any atom is 0.181 e. The molecule has 0 fully saturated rings. The van der Waals surface area contributed by atoms with Gasteiger partial charge in [0.15, 0.2) is 10.5 Å². The summed E-state index contributed by atoms with van der Waals surface area (Å²) in [6, 6.07) is 3.50. The van der Waals surface area contributed by atoms with E-state index in [-0.39, 0.29) is 12.3 Å². The molecular formula is C9H8BrN3O. The Morgan fingerprint density at radius 2 is 2.43 bits per heavy atom. The second-order valence-electron chi connectivity index (χ2n) is 2.86. The predicted octanol–water partition coefficient (Wildman–Crippen LogP) is 1.24. The van der Waals surface area contributed by atoms with Crippen LogP contribution in [0.4, 0.5) is 0 Å². The molecule has 0 radical (unpaired) electrons. The van der Waals surface area contributed by atoms with E-state index in [1.807, 2.05) is 4.40 Å². The summed E-state index contributed by atoms with van der Waals surface area (Å²) in [6.07, 6.45) is 3.48. The Balaban J connectivity index is 2.57. The summed E-state index contributed by atoms with van der Waals surface area (Å²) in [6.45, 7) is 0.0332. The van der Waals surface area contributed by atoms with Crippen LogP contribution in [0.5, 0.6) is 0 Å². The van der Waals surface area contributed by atoms with Crippen molar-refractivity contribution < 1.29 is 4.79 Å². The van der Waals surface area contributed by atoms with Crippen LogP contribution in [0.15, 0.2) is 29.3 Å². The number of hydrogen-bond donors (Lipinski definition) is 1. The summed E-state index contributed by atoms with van der Waals surface area (Å²) in [5.41, 5.74) is 6.76. The van der Waals surface area contributed by atoms with Gasteiger partial charge in [-0.25, -0.2) is 4.98 Å². The Labute approximate surface area is 88.9 Å². The van der Waals surface area contributed by atoms with Crippen molar-refractivity contribution in [2.24, 2.45) is 5.73 Å². The molecule has 2 aromatic rings. The number of pyridine rings is 1. The van der Waals surface area contributed by atoms with Gasteiger partial charge in [0, 0.05) is 11.8 Å². The van der Waals surface area contributed by atoms with Crippen LogP contribution in [0, 0.1) is 0 Å². The number of nitrogens with zero attached hydrogens (tertiary/aromatic N) is 2. The zero-order valence-corrected chi connectivity index (χ0v) is 8.86. The molecule has 2 heterocycles. The monoisotopic (exact) mass is 253 g/mol. The lowest BCUT2D eigenvalue weighted by atomic mass is 10.1. The van der Waals surface area contributed by atoms with Crippen molar-refractivity contribution in [3.8, 4) is 0 Å². The van der Waals surface area contributed by atoms with Crippen molar-refractivity contribution in [3.05, 3.63) is 34.8 Å². The maximum atomic E-state index is 11.3. The third-order valence-corrected chi connectivity index (χ3v) is 2.58. The number of rotatable bonds is 2. The van der Waals surface area contributed by atoms with Crippen molar-refractivity contribution in [1.29, 1.82) is 0 Å². The lowest BCUT2D eigenvalue weighted by Crippen LogP contribution is -2.13. The maximum absolute atomic E-state index is 11.3. The van der Waals surface area contributed by atoms with Gasteiger partial charge < -0.3 is 5.73 Å². The van der Waals surface area contributed by atoms with E-state index in [9.17, 15) is 4.79 Å². The molecular weight excluding hydrogens is 246 g/mol. The van der Waals surface area contributed by atoms with Gasteiger partial charge in [-0.2, -0.15) is 0 Å². The predicted molar refractivity (Wildman–Crippen MR) is 56.3 cm³/mol. The second kappa shape index (κ2) is 3.51. The van der Waals surface area contributed by atoms with Crippen LogP contribution < -0.4 is 5.73 Å². The van der Waals surface area contributed by atoms with Gasteiger partial charge >= 0.3 is 0 Å². The first kappa shape index (κ1) is 9.36. The summed E-state index contributed by atoms with van der Waals surface area (Å²) in [4.78, 5) is 15.4. The lowest BCUT2D eigenvalue weighted by Gasteiger charge is -1.99. The van der Waals surface area contributed by atoms with Gasteiger partial charge in [0.25, 0.3) is 0 Å². The number of hydrogen-bond acceptors (Lipinski definition) is 3. The standard InChI is InChI=1S/C9H8BrN3O/c10-9-12-5-7-3-6(8(14)4-11)1-2-13(7)9/h1-3,5H,4,11H2. The molecule has 14 heavy (non-hydrogen) atoms. The Hall–Kier alpha value is -1.20. The van der Waals surface area contributed by atoms with E-state index in [2.05, 4.69) is 20.9 Å². The van der Waals surface area contributed by atoms with Crippen molar-refractivity contribution in [2.75, 3.05) is 6.54 Å². The van der Waals surface area contributed by atoms with Crippen molar-refractivity contribution in [1.82, 2.24) is 9.38 Å². The fourth-order valence-corrected chi connectivity index (χ4v) is 1.68. The smallest absolute Gasteiger partial charge is 0.181 e. The van der Waals surface area contributed by atoms with Crippen LogP contribution in [0.25, 0.3) is 5.52 Å². The molecule has 0 amide bonds. The van der Waals surface area contributed by atoms with Crippen LogP contribution in [0.3, 0.4) is 0 Å². The van der Waals surface area contributed by atoms with Gasteiger partial charge in [-0.1, -0.05) is 0 Å². The van der Waals surface area contributed by atoms with E-state index in [1.165, 1.54) is 0 Å². The van der Waals surface area contributed by atoms with E-state index in [0.717, 1.165) is 10.3 Å². The van der Waals surface area contributed by atoms with Gasteiger partial charge in [0.1, 0.15) is 0 Å². The molecule has 0 aliphatic carbocycles. The minimum Gasteiger partial charge on any atom is -0.324 e. The number of imidazole rings is 1. The molecule has 0 saturated heterocycles. The molecule has 72 valence electrons. The van der Waals surface area contributed by atoms with Crippen LogP contribution in [-0.4, -0.2) is 21.7 Å². The molecule has 0 spiro atoms. The summed E-state index contributed by atoms with van der Waals surface area (Å²) in [5, 5.41) is 0. The summed E-state index contributed by atoms with van der Waals surface area (Å²) in [5.74, 6) is -0.0650. The fraction of sp³-hybridized carbons (Fsp3) is 0.111. The number of nitrogens with two attached hydrogens (primary N) is 1. The quantitative estimate of drug-likeness (QED) is 0.820. The van der Waals surface area contributed by atoms with Crippen LogP contribution in [0.2, 0.25) is 0 Å². The van der Waals surface area contributed by atoms with E-state index in [1.54, 1.807) is 24.5 Å². The molecule has 0 aliphatic rings. The molecule has 4 nitrogen and oxygen atoms in total. The van der Waals surface area contributed by atoms with E-state index < -0.39 is 0 Å². The molecule has 0 aliphatic heterocycles. The van der Waals surface area contributed by atoms with Gasteiger partial charge in [0.05, 0.1) is 18.3 Å². The summed E-state index contributed by atoms with van der Waals surface area (Å²) in [7, 11) is 0. The zero-order chi connectivity index (χ0) is 10.1. The van der Waals surface area contributed by atoms with Crippen molar-refractivity contribution in [2.45, 2.75) is 0 Å². The molecule has 0 atom stereocenters. The normalized spacial score (nSPS) is 10.7. The van der Waals surface area contributed by atoms with Crippen LogP contribution in [0.1, 0.15) is 10.4 Å². The highest BCUT2D eigenvalue weighted by molar-refractivity contribution is 9.10. The molecule has 0 bridgehead atoms. The number of carbonyl (C=O) groups excluding carboxylic acids is 1. The van der Waals surface area contributed by atoms with Gasteiger partial charge in [-0.3, -0.25) is 9.20 Å². The Morgan fingerprint density at radius 1 is 1.64 bits per heavy atom. The molecule has 2 N–H and O–H groups in total. The van der Waals surface area contributed by atoms with Gasteiger partial charge in [-0.15, -0.1) is 0 Å². The Morgan fingerprint density at radius 3 is 3.14 bits per heavy atom. The SMILES string of the molecule is NCC(=O)c1ccn2c(Br)ncc2c1. The molecule has 0 saturated carbocycles. The topological polar surface area (TPSA) is 60.4 Å². The number of aromatic nitrogens is 2. The van der Waals surface area contributed by atoms with Crippen molar-refractivity contribution >= 4 is 27.2 Å². The first-order valence-corrected chi connectivity index (χ1v) is 4.87. The van der Waals surface area contributed by atoms with E-state index >= 15 is 0 Å². The molecule has 5 heteroatoms. The minimum atomic E-state index is -0.0650. The van der Waals surface area contributed by atoms with Gasteiger partial charge in [0.2, 0.25) is 0 Å². The summed E-state index contributed by atoms with van der Waals surface area (Å²) >= 11 is 3.29. The fourth-order valence-electron chi connectivity index (χ4n) is 1.26. The number of Topliss-reactive ketones (excluding diaryl/α,β-unsaturated/α-hetero) is 1. The molecule has 2 rings (SSSR count). The Bertz CT molecular complexity index is 492. The highest BCUT2D eigenvalue weighted by Crippen LogP contribution is 2.13. The first-order chi connectivity index (χ1) is 6.72. The highest BCUT2D eigenvalue weighted by atomic mass is 79.9. The molecule has 2 aromatic heterocycles. The van der Waals surface area contributed by atoms with Crippen LogP contribution in [-0.2, 0) is 0 Å². The average molecular weight is 254 g/mol. The Kier molecular flexibility index (Phi) is 2.35. The third kappa shape index (κ3) is 1.44. The molecule has 0 aromatic carbocycles. The largest absolute Gasteiger partial charge is 0.324 e. The van der Waals surface area contributed by atoms with E-state index in [4.69, 9.17) is 5.73 Å².